The number of halogens is 4. The molecule has 0 spiro atoms. The molecule has 0 aliphatic heterocycles. The van der Waals surface area contributed by atoms with Gasteiger partial charge >= 0.3 is 6.18 Å². The first-order valence-electron chi connectivity index (χ1n) is 5.26. The van der Waals surface area contributed by atoms with Gasteiger partial charge < -0.3 is 5.11 Å². The highest BCUT2D eigenvalue weighted by atomic mass is 79.9. The minimum Gasteiger partial charge on any atom is -0.390 e. The first kappa shape index (κ1) is 14.5. The molecule has 7 heteroatoms. The van der Waals surface area contributed by atoms with Crippen molar-refractivity contribution in [2.24, 2.45) is 0 Å². The maximum absolute atomic E-state index is 12.7. The number of aliphatic hydroxyl groups is 1. The van der Waals surface area contributed by atoms with E-state index in [-0.39, 0.29) is 6.61 Å². The summed E-state index contributed by atoms with van der Waals surface area (Å²) < 4.78 is 38.6. The number of rotatable bonds is 2. The summed E-state index contributed by atoms with van der Waals surface area (Å²) in [4.78, 5) is 4.94. The van der Waals surface area contributed by atoms with E-state index in [0.717, 1.165) is 17.0 Å². The number of nitrogens with zero attached hydrogens (tertiary/aromatic N) is 1. The van der Waals surface area contributed by atoms with Crippen molar-refractivity contribution in [3.63, 3.8) is 0 Å². The van der Waals surface area contributed by atoms with Crippen LogP contribution in [-0.4, -0.2) is 10.1 Å². The Morgan fingerprint density at radius 3 is 2.53 bits per heavy atom. The summed E-state index contributed by atoms with van der Waals surface area (Å²) in [7, 11) is 0. The molecule has 2 aromatic rings. The Hall–Kier alpha value is -0.920. The van der Waals surface area contributed by atoms with E-state index in [1.54, 1.807) is 13.0 Å². The normalized spacial score (nSPS) is 11.9. The van der Waals surface area contributed by atoms with Crippen molar-refractivity contribution in [3.05, 3.63) is 38.8 Å². The molecule has 0 saturated heterocycles. The van der Waals surface area contributed by atoms with Gasteiger partial charge in [-0.05, 0) is 25.1 Å². The van der Waals surface area contributed by atoms with Crippen molar-refractivity contribution in [2.75, 3.05) is 0 Å². The van der Waals surface area contributed by atoms with Gasteiger partial charge in [-0.3, -0.25) is 0 Å². The van der Waals surface area contributed by atoms with E-state index in [0.29, 0.717) is 20.7 Å². The molecule has 0 amide bonds. The molecular weight excluding hydrogens is 343 g/mol. The molecule has 0 atom stereocenters. The highest BCUT2D eigenvalue weighted by Crippen LogP contribution is 2.36. The Morgan fingerprint density at radius 2 is 2.00 bits per heavy atom. The van der Waals surface area contributed by atoms with Crippen LogP contribution in [0.2, 0.25) is 0 Å². The molecule has 0 aliphatic rings. The Labute approximate surface area is 120 Å². The summed E-state index contributed by atoms with van der Waals surface area (Å²) in [6, 6.07) is 3.66. The maximum Gasteiger partial charge on any atom is 0.416 e. The summed E-state index contributed by atoms with van der Waals surface area (Å²) in [6.07, 6.45) is -4.40. The van der Waals surface area contributed by atoms with Crippen molar-refractivity contribution in [3.8, 4) is 10.6 Å². The van der Waals surface area contributed by atoms with E-state index in [9.17, 15) is 13.2 Å². The Kier molecular flexibility index (Phi) is 3.98. The van der Waals surface area contributed by atoms with E-state index < -0.39 is 11.7 Å². The van der Waals surface area contributed by atoms with E-state index >= 15 is 0 Å². The number of benzene rings is 1. The van der Waals surface area contributed by atoms with Crippen molar-refractivity contribution in [2.45, 2.75) is 19.7 Å². The van der Waals surface area contributed by atoms with Crippen LogP contribution in [0.3, 0.4) is 0 Å². The zero-order valence-corrected chi connectivity index (χ0v) is 12.2. The number of hydrogen-bond donors (Lipinski definition) is 1. The van der Waals surface area contributed by atoms with Gasteiger partial charge in [0.05, 0.1) is 17.9 Å². The van der Waals surface area contributed by atoms with E-state index in [4.69, 9.17) is 5.11 Å². The summed E-state index contributed by atoms with van der Waals surface area (Å²) >= 11 is 4.33. The molecule has 1 aromatic carbocycles. The van der Waals surface area contributed by atoms with Gasteiger partial charge in [-0.2, -0.15) is 13.2 Å². The summed E-state index contributed by atoms with van der Waals surface area (Å²) in [6.45, 7) is 1.55. The maximum atomic E-state index is 12.7. The van der Waals surface area contributed by atoms with Crippen LogP contribution >= 0.6 is 27.3 Å². The summed E-state index contributed by atoms with van der Waals surface area (Å²) in [5.74, 6) is 0. The molecule has 0 unspecified atom stereocenters. The second-order valence-electron chi connectivity index (χ2n) is 3.91. The average molecular weight is 352 g/mol. The first-order valence-corrected chi connectivity index (χ1v) is 6.87. The highest BCUT2D eigenvalue weighted by Gasteiger charge is 2.31. The van der Waals surface area contributed by atoms with Crippen LogP contribution in [0.4, 0.5) is 13.2 Å². The molecule has 2 nitrogen and oxygen atoms in total. The Bertz CT molecular complexity index is 610. The largest absolute Gasteiger partial charge is 0.416 e. The topological polar surface area (TPSA) is 33.1 Å². The lowest BCUT2D eigenvalue weighted by molar-refractivity contribution is -0.137. The average Bonchev–Trinajstić information content (AvgIpc) is 2.68. The van der Waals surface area contributed by atoms with Crippen molar-refractivity contribution in [1.82, 2.24) is 4.98 Å². The van der Waals surface area contributed by atoms with E-state index in [1.165, 1.54) is 11.3 Å². The molecule has 102 valence electrons. The number of aryl methyl sites for hydroxylation is 1. The Balaban J connectivity index is 2.53. The van der Waals surface area contributed by atoms with Gasteiger partial charge in [-0.1, -0.05) is 15.9 Å². The summed E-state index contributed by atoms with van der Waals surface area (Å²) in [5.41, 5.74) is 0.151. The molecule has 1 aromatic heterocycles. The molecule has 19 heavy (non-hydrogen) atoms. The molecule has 1 N–H and O–H groups in total. The van der Waals surface area contributed by atoms with Gasteiger partial charge in [0.15, 0.2) is 0 Å². The first-order chi connectivity index (χ1) is 8.81. The van der Waals surface area contributed by atoms with Crippen molar-refractivity contribution >= 4 is 27.3 Å². The minimum atomic E-state index is -4.40. The lowest BCUT2D eigenvalue weighted by atomic mass is 10.1. The van der Waals surface area contributed by atoms with E-state index in [1.807, 2.05) is 0 Å². The highest BCUT2D eigenvalue weighted by molar-refractivity contribution is 9.10. The molecule has 2 rings (SSSR count). The lowest BCUT2D eigenvalue weighted by Crippen LogP contribution is -2.04. The standard InChI is InChI=1S/C12H9BrF3NOS/c1-6-10(5-18)17-11(19-6)7-2-8(12(14,15)16)4-9(13)3-7/h2-4,18H,5H2,1H3. The number of aliphatic hydroxyl groups excluding tert-OH is 1. The van der Waals surface area contributed by atoms with Crippen LogP contribution in [-0.2, 0) is 12.8 Å². The van der Waals surface area contributed by atoms with Gasteiger partial charge in [0.2, 0.25) is 0 Å². The third kappa shape index (κ3) is 3.16. The molecule has 0 saturated carbocycles. The van der Waals surface area contributed by atoms with Crippen LogP contribution in [0.25, 0.3) is 10.6 Å². The van der Waals surface area contributed by atoms with Crippen molar-refractivity contribution in [1.29, 1.82) is 0 Å². The van der Waals surface area contributed by atoms with Gasteiger partial charge in [0, 0.05) is 14.9 Å². The van der Waals surface area contributed by atoms with Crippen LogP contribution in [0, 0.1) is 6.92 Å². The zero-order valence-electron chi connectivity index (χ0n) is 9.75. The number of alkyl halides is 3. The fourth-order valence-corrected chi connectivity index (χ4v) is 2.98. The number of hydrogen-bond acceptors (Lipinski definition) is 3. The van der Waals surface area contributed by atoms with Gasteiger partial charge in [-0.15, -0.1) is 11.3 Å². The van der Waals surface area contributed by atoms with Gasteiger partial charge in [-0.25, -0.2) is 4.98 Å². The molecule has 0 bridgehead atoms. The fraction of sp³-hybridized carbons (Fsp3) is 0.250. The third-order valence-corrected chi connectivity index (χ3v) is 4.03. The fourth-order valence-electron chi connectivity index (χ4n) is 1.57. The molecule has 0 radical (unpaired) electrons. The van der Waals surface area contributed by atoms with Gasteiger partial charge in [0.25, 0.3) is 0 Å². The smallest absolute Gasteiger partial charge is 0.390 e. The number of aromatic nitrogens is 1. The quantitative estimate of drug-likeness (QED) is 0.870. The van der Waals surface area contributed by atoms with Crippen LogP contribution in [0.1, 0.15) is 16.1 Å². The third-order valence-electron chi connectivity index (χ3n) is 2.51. The van der Waals surface area contributed by atoms with Crippen LogP contribution in [0.5, 0.6) is 0 Å². The molecular formula is C12H9BrF3NOS. The minimum absolute atomic E-state index is 0.220. The number of thiazole rings is 1. The van der Waals surface area contributed by atoms with Crippen LogP contribution < -0.4 is 0 Å². The second-order valence-corrected chi connectivity index (χ2v) is 6.03. The molecule has 1 heterocycles. The monoisotopic (exact) mass is 351 g/mol. The summed E-state index contributed by atoms with van der Waals surface area (Å²) in [5, 5.41) is 9.54. The van der Waals surface area contributed by atoms with E-state index in [2.05, 4.69) is 20.9 Å². The molecule has 0 fully saturated rings. The molecule has 0 aliphatic carbocycles. The zero-order chi connectivity index (χ0) is 14.2. The van der Waals surface area contributed by atoms with Crippen molar-refractivity contribution < 1.29 is 18.3 Å². The SMILES string of the molecule is Cc1sc(-c2cc(Br)cc(C(F)(F)F)c2)nc1CO. The van der Waals surface area contributed by atoms with Gasteiger partial charge in [0.1, 0.15) is 5.01 Å². The van der Waals surface area contributed by atoms with Crippen LogP contribution in [0.15, 0.2) is 22.7 Å². The predicted molar refractivity (Wildman–Crippen MR) is 70.9 cm³/mol. The Morgan fingerprint density at radius 1 is 1.32 bits per heavy atom. The predicted octanol–water partition coefficient (Wildman–Crippen LogP) is 4.39. The lowest BCUT2D eigenvalue weighted by Gasteiger charge is -2.08. The second kappa shape index (κ2) is 5.22.